The highest BCUT2D eigenvalue weighted by Gasteiger charge is 2.01. The molecule has 18 heavy (non-hydrogen) atoms. The highest BCUT2D eigenvalue weighted by atomic mass is 15.4. The number of hydrogen-bond acceptors (Lipinski definition) is 4. The SMILES string of the molecule is CN(C)C=N/C(=N\n1cnnc1)c1ccncc1. The zero-order valence-corrected chi connectivity index (χ0v) is 10.2. The number of aliphatic imine (C=N–C) groups is 1. The second-order valence-electron chi connectivity index (χ2n) is 3.71. The largest absolute Gasteiger partial charge is 0.369 e. The molecule has 2 aromatic rings. The molecule has 0 fully saturated rings. The third kappa shape index (κ3) is 3.21. The van der Waals surface area contributed by atoms with Gasteiger partial charge in [-0.05, 0) is 12.1 Å². The Morgan fingerprint density at radius 2 is 1.89 bits per heavy atom. The molecule has 0 aliphatic heterocycles. The lowest BCUT2D eigenvalue weighted by molar-refractivity contribution is 0.643. The van der Waals surface area contributed by atoms with Crippen LogP contribution in [0, 0.1) is 0 Å². The molecular weight excluding hydrogens is 230 g/mol. The molecule has 0 radical (unpaired) electrons. The first kappa shape index (κ1) is 11.9. The summed E-state index contributed by atoms with van der Waals surface area (Å²) in [6.45, 7) is 0. The van der Waals surface area contributed by atoms with Gasteiger partial charge in [0.2, 0.25) is 0 Å². The van der Waals surface area contributed by atoms with Crippen LogP contribution in [0.15, 0.2) is 47.3 Å². The first-order valence-electron chi connectivity index (χ1n) is 5.30. The van der Waals surface area contributed by atoms with Crippen molar-refractivity contribution in [2.75, 3.05) is 14.1 Å². The quantitative estimate of drug-likeness (QED) is 0.580. The molecular formula is C11H13N7. The Hall–Kier alpha value is -2.57. The number of pyridine rings is 1. The summed E-state index contributed by atoms with van der Waals surface area (Å²) in [6.07, 6.45) is 8.09. The number of rotatable bonds is 3. The first-order chi connectivity index (χ1) is 8.75. The van der Waals surface area contributed by atoms with Gasteiger partial charge >= 0.3 is 0 Å². The third-order valence-electron chi connectivity index (χ3n) is 1.97. The maximum atomic E-state index is 4.32. The van der Waals surface area contributed by atoms with Gasteiger partial charge in [0.05, 0.1) is 6.34 Å². The van der Waals surface area contributed by atoms with Gasteiger partial charge in [-0.25, -0.2) is 9.67 Å². The molecule has 0 aliphatic rings. The van der Waals surface area contributed by atoms with Gasteiger partial charge < -0.3 is 4.90 Å². The van der Waals surface area contributed by atoms with Crippen LogP contribution in [0.25, 0.3) is 0 Å². The summed E-state index contributed by atoms with van der Waals surface area (Å²) < 4.78 is 1.50. The van der Waals surface area contributed by atoms with Gasteiger partial charge in [-0.2, -0.15) is 0 Å². The summed E-state index contributed by atoms with van der Waals surface area (Å²) in [5.41, 5.74) is 0.872. The van der Waals surface area contributed by atoms with Crippen LogP contribution in [0.1, 0.15) is 5.56 Å². The first-order valence-corrected chi connectivity index (χ1v) is 5.30. The molecule has 2 rings (SSSR count). The van der Waals surface area contributed by atoms with Crippen LogP contribution in [0.3, 0.4) is 0 Å². The maximum absolute atomic E-state index is 4.32. The van der Waals surface area contributed by atoms with E-state index in [0.29, 0.717) is 5.84 Å². The second-order valence-corrected chi connectivity index (χ2v) is 3.71. The average Bonchev–Trinajstić information content (AvgIpc) is 2.88. The Labute approximate surface area is 105 Å². The van der Waals surface area contributed by atoms with Gasteiger partial charge in [-0.1, -0.05) is 0 Å². The van der Waals surface area contributed by atoms with Crippen LogP contribution >= 0.6 is 0 Å². The Balaban J connectivity index is 2.35. The van der Waals surface area contributed by atoms with Crippen LogP contribution in [0.4, 0.5) is 0 Å². The summed E-state index contributed by atoms with van der Waals surface area (Å²) in [6, 6.07) is 3.69. The lowest BCUT2D eigenvalue weighted by atomic mass is 10.2. The molecule has 2 aromatic heterocycles. The lowest BCUT2D eigenvalue weighted by Gasteiger charge is -2.04. The summed E-state index contributed by atoms with van der Waals surface area (Å²) in [5.74, 6) is 0.561. The van der Waals surface area contributed by atoms with Crippen LogP contribution in [-0.2, 0) is 0 Å². The fourth-order valence-corrected chi connectivity index (χ4v) is 1.19. The molecule has 0 atom stereocenters. The van der Waals surface area contributed by atoms with Crippen molar-refractivity contribution in [3.63, 3.8) is 0 Å². The maximum Gasteiger partial charge on any atom is 0.181 e. The normalized spacial score (nSPS) is 12.0. The summed E-state index contributed by atoms with van der Waals surface area (Å²) in [5, 5.41) is 11.7. The minimum Gasteiger partial charge on any atom is -0.369 e. The molecule has 7 nitrogen and oxygen atoms in total. The standard InChI is InChI=1S/C11H13N7/c1-17(2)7-13-11(10-3-5-12-6-4-10)16-18-8-14-15-9-18/h3-9H,1-2H3/b13-7?,16-11-. The molecule has 0 saturated heterocycles. The molecule has 0 saturated carbocycles. The molecule has 0 aromatic carbocycles. The van der Waals surface area contributed by atoms with Crippen molar-refractivity contribution >= 4 is 12.2 Å². The van der Waals surface area contributed by atoms with E-state index >= 15 is 0 Å². The number of hydrogen-bond donors (Lipinski definition) is 0. The van der Waals surface area contributed by atoms with E-state index in [1.165, 1.54) is 17.3 Å². The molecule has 2 heterocycles. The molecule has 0 amide bonds. The highest BCUT2D eigenvalue weighted by Crippen LogP contribution is 2.01. The van der Waals surface area contributed by atoms with Gasteiger partial charge in [-0.3, -0.25) is 4.98 Å². The zero-order valence-electron chi connectivity index (χ0n) is 10.2. The summed E-state index contributed by atoms with van der Waals surface area (Å²) >= 11 is 0. The molecule has 7 heteroatoms. The third-order valence-corrected chi connectivity index (χ3v) is 1.97. The highest BCUT2D eigenvalue weighted by molar-refractivity contribution is 6.02. The van der Waals surface area contributed by atoms with Crippen molar-refractivity contribution in [3.05, 3.63) is 42.7 Å². The van der Waals surface area contributed by atoms with Gasteiger partial charge in [0, 0.05) is 32.1 Å². The van der Waals surface area contributed by atoms with Crippen LogP contribution < -0.4 is 0 Å². The Morgan fingerprint density at radius 1 is 1.22 bits per heavy atom. The minimum absolute atomic E-state index is 0.561. The van der Waals surface area contributed by atoms with E-state index in [4.69, 9.17) is 0 Å². The Bertz CT molecular complexity index is 528. The average molecular weight is 243 g/mol. The topological polar surface area (TPSA) is 71.6 Å². The van der Waals surface area contributed by atoms with E-state index in [1.54, 1.807) is 18.7 Å². The minimum atomic E-state index is 0.561. The smallest absolute Gasteiger partial charge is 0.181 e. The second kappa shape index (κ2) is 5.67. The van der Waals surface area contributed by atoms with Crippen LogP contribution in [0.2, 0.25) is 0 Å². The number of nitrogens with zero attached hydrogens (tertiary/aromatic N) is 7. The lowest BCUT2D eigenvalue weighted by Crippen LogP contribution is -2.11. The molecule has 0 bridgehead atoms. The van der Waals surface area contributed by atoms with Crippen molar-refractivity contribution < 1.29 is 0 Å². The van der Waals surface area contributed by atoms with Crippen LogP contribution in [0.5, 0.6) is 0 Å². The van der Waals surface area contributed by atoms with E-state index in [-0.39, 0.29) is 0 Å². The number of amidine groups is 1. The monoisotopic (exact) mass is 243 g/mol. The van der Waals surface area contributed by atoms with Crippen LogP contribution in [-0.4, -0.2) is 51.0 Å². The van der Waals surface area contributed by atoms with E-state index in [9.17, 15) is 0 Å². The predicted molar refractivity (Wildman–Crippen MR) is 68.4 cm³/mol. The van der Waals surface area contributed by atoms with E-state index < -0.39 is 0 Å². The van der Waals surface area contributed by atoms with Crippen molar-refractivity contribution in [3.8, 4) is 0 Å². The molecule has 0 unspecified atom stereocenters. The predicted octanol–water partition coefficient (Wildman–Crippen LogP) is 0.473. The van der Waals surface area contributed by atoms with E-state index in [2.05, 4.69) is 25.3 Å². The van der Waals surface area contributed by atoms with Gasteiger partial charge in [-0.15, -0.1) is 15.3 Å². The van der Waals surface area contributed by atoms with E-state index in [1.807, 2.05) is 31.1 Å². The Kier molecular flexibility index (Phi) is 3.75. The van der Waals surface area contributed by atoms with Gasteiger partial charge in [0.15, 0.2) is 5.84 Å². The van der Waals surface area contributed by atoms with Gasteiger partial charge in [0.1, 0.15) is 12.7 Å². The van der Waals surface area contributed by atoms with Gasteiger partial charge in [0.25, 0.3) is 0 Å². The molecule has 0 aliphatic carbocycles. The van der Waals surface area contributed by atoms with Crippen molar-refractivity contribution in [1.82, 2.24) is 24.8 Å². The summed E-state index contributed by atoms with van der Waals surface area (Å²) in [4.78, 5) is 10.1. The van der Waals surface area contributed by atoms with Crippen molar-refractivity contribution in [2.45, 2.75) is 0 Å². The molecule has 0 N–H and O–H groups in total. The van der Waals surface area contributed by atoms with Crippen molar-refractivity contribution in [2.24, 2.45) is 10.1 Å². The fraction of sp³-hybridized carbons (Fsp3) is 0.182. The Morgan fingerprint density at radius 3 is 2.50 bits per heavy atom. The summed E-state index contributed by atoms with van der Waals surface area (Å²) in [7, 11) is 3.79. The number of aromatic nitrogens is 4. The molecule has 0 spiro atoms. The van der Waals surface area contributed by atoms with E-state index in [0.717, 1.165) is 5.56 Å². The van der Waals surface area contributed by atoms with Crippen molar-refractivity contribution in [1.29, 1.82) is 0 Å². The molecule has 92 valence electrons. The fourth-order valence-electron chi connectivity index (χ4n) is 1.19. The zero-order chi connectivity index (χ0) is 12.8.